The van der Waals surface area contributed by atoms with Crippen LogP contribution in [0.15, 0.2) is 42.5 Å². The number of carboxylic acid groups (broad SMARTS) is 1. The molecule has 0 spiro atoms. The number of carbonyl (C=O) groups is 3. The Morgan fingerprint density at radius 3 is 2.45 bits per heavy atom. The van der Waals surface area contributed by atoms with Gasteiger partial charge < -0.3 is 26.0 Å². The number of hydrogen-bond donors (Lipinski definition) is 4. The van der Waals surface area contributed by atoms with E-state index >= 15 is 0 Å². The Balaban J connectivity index is 1.90. The van der Waals surface area contributed by atoms with E-state index in [-0.39, 0.29) is 31.3 Å². The van der Waals surface area contributed by atoms with Crippen LogP contribution in [-0.4, -0.2) is 53.8 Å². The minimum absolute atomic E-state index is 0.0265. The van der Waals surface area contributed by atoms with Gasteiger partial charge in [-0.15, -0.1) is 0 Å². The molecule has 1 aliphatic rings. The van der Waals surface area contributed by atoms with E-state index in [0.29, 0.717) is 22.5 Å². The highest BCUT2D eigenvalue weighted by Crippen LogP contribution is 2.29. The zero-order chi connectivity index (χ0) is 21.1. The van der Waals surface area contributed by atoms with Crippen LogP contribution in [0.25, 0.3) is 0 Å². The van der Waals surface area contributed by atoms with Crippen molar-refractivity contribution in [1.82, 2.24) is 4.90 Å². The molecule has 0 radical (unpaired) electrons. The second-order valence-corrected chi connectivity index (χ2v) is 6.67. The number of carboxylic acids is 1. The number of carbonyl (C=O) groups excluding carboxylic acids is 2. The van der Waals surface area contributed by atoms with Crippen LogP contribution in [0, 0.1) is 5.41 Å². The van der Waals surface area contributed by atoms with Gasteiger partial charge in [-0.2, -0.15) is 0 Å². The van der Waals surface area contributed by atoms with Gasteiger partial charge in [-0.1, -0.05) is 0 Å². The van der Waals surface area contributed by atoms with Crippen molar-refractivity contribution in [2.75, 3.05) is 30.4 Å². The van der Waals surface area contributed by atoms with Crippen molar-refractivity contribution in [1.29, 1.82) is 5.41 Å². The first-order valence-corrected chi connectivity index (χ1v) is 8.89. The molecule has 0 saturated heterocycles. The lowest BCUT2D eigenvalue weighted by Crippen LogP contribution is -2.38. The number of aliphatic carboxylic acids is 1. The van der Waals surface area contributed by atoms with Gasteiger partial charge in [0.2, 0.25) is 5.91 Å². The van der Waals surface area contributed by atoms with Crippen molar-refractivity contribution in [3.8, 4) is 0 Å². The molecule has 0 atom stereocenters. The molecule has 0 bridgehead atoms. The minimum atomic E-state index is -1.03. The average molecular weight is 395 g/mol. The average Bonchev–Trinajstić information content (AvgIpc) is 2.77. The largest absolute Gasteiger partial charge is 0.481 e. The van der Waals surface area contributed by atoms with Gasteiger partial charge in [-0.25, -0.2) is 0 Å². The Morgan fingerprint density at radius 1 is 1.17 bits per heavy atom. The molecule has 9 heteroatoms. The van der Waals surface area contributed by atoms with Crippen LogP contribution in [0.2, 0.25) is 0 Å². The van der Waals surface area contributed by atoms with Gasteiger partial charge in [0.1, 0.15) is 12.4 Å². The van der Waals surface area contributed by atoms with Crippen LogP contribution >= 0.6 is 0 Å². The first-order valence-electron chi connectivity index (χ1n) is 8.89. The lowest BCUT2D eigenvalue weighted by molar-refractivity contribution is -0.137. The summed E-state index contributed by atoms with van der Waals surface area (Å²) in [6, 6.07) is 12.0. The third-order valence-corrected chi connectivity index (χ3v) is 4.66. The predicted octanol–water partition coefficient (Wildman–Crippen LogP) is 1.61. The molecule has 0 fully saturated rings. The number of benzene rings is 2. The van der Waals surface area contributed by atoms with Gasteiger partial charge in [0.05, 0.1) is 17.7 Å². The first-order chi connectivity index (χ1) is 13.8. The Morgan fingerprint density at radius 2 is 1.83 bits per heavy atom. The third kappa shape index (κ3) is 4.34. The molecule has 1 aliphatic heterocycles. The second kappa shape index (κ2) is 8.01. The number of nitrogens with one attached hydrogen (secondary N) is 2. The van der Waals surface area contributed by atoms with E-state index in [1.807, 2.05) is 0 Å². The van der Waals surface area contributed by atoms with Gasteiger partial charge >= 0.3 is 5.97 Å². The molecule has 0 unspecified atom stereocenters. The van der Waals surface area contributed by atoms with Crippen LogP contribution in [-0.2, 0) is 9.59 Å². The van der Waals surface area contributed by atoms with E-state index in [0.717, 1.165) is 5.69 Å². The Bertz CT molecular complexity index is 987. The summed E-state index contributed by atoms with van der Waals surface area (Å²) in [6.07, 6.45) is -0.238. The molecule has 1 heterocycles. The molecule has 0 aliphatic carbocycles. The van der Waals surface area contributed by atoms with E-state index in [1.54, 1.807) is 49.5 Å². The highest BCUT2D eigenvalue weighted by Gasteiger charge is 2.30. The number of rotatable bonds is 6. The van der Waals surface area contributed by atoms with Gasteiger partial charge in [-0.3, -0.25) is 19.8 Å². The molecular formula is C20H21N5O4. The van der Waals surface area contributed by atoms with Crippen molar-refractivity contribution < 1.29 is 19.5 Å². The van der Waals surface area contributed by atoms with Crippen molar-refractivity contribution in [2.45, 2.75) is 6.42 Å². The molecule has 0 saturated carbocycles. The quantitative estimate of drug-likeness (QED) is 0.433. The number of hydrogen-bond acceptors (Lipinski definition) is 5. The summed E-state index contributed by atoms with van der Waals surface area (Å²) in [5.74, 6) is -1.74. The molecular weight excluding hydrogens is 374 g/mol. The van der Waals surface area contributed by atoms with Crippen LogP contribution in [0.3, 0.4) is 0 Å². The molecule has 0 aromatic heterocycles. The van der Waals surface area contributed by atoms with E-state index in [2.05, 4.69) is 5.32 Å². The van der Waals surface area contributed by atoms with Crippen molar-refractivity contribution >= 4 is 40.7 Å². The summed E-state index contributed by atoms with van der Waals surface area (Å²) in [5.41, 5.74) is 8.21. The maximum absolute atomic E-state index is 13.0. The van der Waals surface area contributed by atoms with Crippen molar-refractivity contribution in [2.24, 2.45) is 5.73 Å². The van der Waals surface area contributed by atoms with Gasteiger partial charge in [0, 0.05) is 30.5 Å². The lowest BCUT2D eigenvalue weighted by atomic mass is 10.1. The summed E-state index contributed by atoms with van der Waals surface area (Å²) < 4.78 is 0. The van der Waals surface area contributed by atoms with Gasteiger partial charge in [0.15, 0.2) is 0 Å². The second-order valence-electron chi connectivity index (χ2n) is 6.67. The number of likely N-dealkylation sites (N-methyl/N-ethyl adjacent to an activating group) is 1. The number of amides is 2. The highest BCUT2D eigenvalue weighted by atomic mass is 16.4. The predicted molar refractivity (Wildman–Crippen MR) is 109 cm³/mol. The van der Waals surface area contributed by atoms with Crippen molar-refractivity contribution in [3.05, 3.63) is 53.6 Å². The standard InChI is InChI=1S/C20H21N5O4/c1-24-16-7-6-14(23-13-4-2-12(3-5-13)19(21)22)10-15(16)20(29)25(11-17(24)26)9-8-18(27)28/h2-7,10,23H,8-9,11H2,1H3,(H3,21,22)(H,27,28). The van der Waals surface area contributed by atoms with Crippen LogP contribution in [0.5, 0.6) is 0 Å². The molecule has 2 amide bonds. The van der Waals surface area contributed by atoms with Crippen molar-refractivity contribution in [3.63, 3.8) is 0 Å². The molecule has 9 nitrogen and oxygen atoms in total. The number of amidine groups is 1. The van der Waals surface area contributed by atoms with Crippen LogP contribution in [0.4, 0.5) is 17.1 Å². The van der Waals surface area contributed by atoms with Gasteiger partial charge in [0.25, 0.3) is 5.91 Å². The van der Waals surface area contributed by atoms with E-state index in [4.69, 9.17) is 16.2 Å². The smallest absolute Gasteiger partial charge is 0.305 e. The number of anilines is 3. The van der Waals surface area contributed by atoms with Gasteiger partial charge in [-0.05, 0) is 42.5 Å². The monoisotopic (exact) mass is 395 g/mol. The fourth-order valence-corrected chi connectivity index (χ4v) is 3.03. The molecule has 5 N–H and O–H groups in total. The Labute approximate surface area is 167 Å². The lowest BCUT2D eigenvalue weighted by Gasteiger charge is -2.19. The van der Waals surface area contributed by atoms with E-state index < -0.39 is 11.9 Å². The normalized spacial score (nSPS) is 13.7. The number of fused-ring (bicyclic) bond motifs is 1. The zero-order valence-corrected chi connectivity index (χ0v) is 15.8. The molecule has 2 aromatic carbocycles. The topological polar surface area (TPSA) is 140 Å². The minimum Gasteiger partial charge on any atom is -0.481 e. The number of nitrogens with two attached hydrogens (primary N) is 1. The Kier molecular flexibility index (Phi) is 5.49. The molecule has 29 heavy (non-hydrogen) atoms. The summed E-state index contributed by atoms with van der Waals surface area (Å²) in [5, 5.41) is 19.5. The number of nitrogens with zero attached hydrogens (tertiary/aromatic N) is 2. The fraction of sp³-hybridized carbons (Fsp3) is 0.200. The van der Waals surface area contributed by atoms with E-state index in [9.17, 15) is 14.4 Å². The zero-order valence-electron chi connectivity index (χ0n) is 15.8. The summed E-state index contributed by atoms with van der Waals surface area (Å²) >= 11 is 0. The van der Waals surface area contributed by atoms with E-state index in [1.165, 1.54) is 9.80 Å². The first kappa shape index (κ1) is 19.9. The molecule has 3 rings (SSSR count). The van der Waals surface area contributed by atoms with Crippen LogP contribution < -0.4 is 16.0 Å². The van der Waals surface area contributed by atoms with Crippen LogP contribution in [0.1, 0.15) is 22.3 Å². The Hall–Kier alpha value is -3.88. The fourth-order valence-electron chi connectivity index (χ4n) is 3.03. The highest BCUT2D eigenvalue weighted by molar-refractivity contribution is 6.10. The summed E-state index contributed by atoms with van der Waals surface area (Å²) in [7, 11) is 1.59. The summed E-state index contributed by atoms with van der Waals surface area (Å²) in [4.78, 5) is 38.9. The number of nitrogen functional groups attached to an aromatic ring is 1. The third-order valence-electron chi connectivity index (χ3n) is 4.66. The molecule has 150 valence electrons. The molecule has 2 aromatic rings. The maximum atomic E-state index is 13.0. The summed E-state index contributed by atoms with van der Waals surface area (Å²) in [6.45, 7) is -0.218. The maximum Gasteiger partial charge on any atom is 0.305 e. The SMILES string of the molecule is CN1C(=O)CN(CCC(=O)O)C(=O)c2cc(Nc3ccc(C(=N)N)cc3)ccc21.